The molecule has 7 nitrogen and oxygen atoms in total. The number of rotatable bonds is 7. The second kappa shape index (κ2) is 8.65. The van der Waals surface area contributed by atoms with Gasteiger partial charge in [0.25, 0.3) is 5.91 Å². The third-order valence-corrected chi connectivity index (χ3v) is 4.70. The summed E-state index contributed by atoms with van der Waals surface area (Å²) in [5.74, 6) is 1.22. The summed E-state index contributed by atoms with van der Waals surface area (Å²) in [6.45, 7) is 3.01. The first kappa shape index (κ1) is 19.4. The molecule has 1 N–H and O–H groups in total. The van der Waals surface area contributed by atoms with Crippen molar-refractivity contribution in [2.24, 2.45) is 0 Å². The molecule has 0 saturated carbocycles. The standard InChI is InChI=1S/C23H22N4O3/c1-3-30-22-7-5-4-6-19(22)24-23(28)17-10-13-21-20(14-17)25-26-27(21)15-16-8-11-18(29-2)12-9-16/h4-14H,3,15H2,1-2H3,(H,24,28). The predicted molar refractivity (Wildman–Crippen MR) is 115 cm³/mol. The Morgan fingerprint density at radius 2 is 1.87 bits per heavy atom. The number of anilines is 1. The molecule has 152 valence electrons. The normalized spacial score (nSPS) is 10.7. The van der Waals surface area contributed by atoms with Crippen LogP contribution in [0.5, 0.6) is 11.5 Å². The van der Waals surface area contributed by atoms with Crippen molar-refractivity contribution >= 4 is 22.6 Å². The fourth-order valence-corrected chi connectivity index (χ4v) is 3.18. The first-order valence-electron chi connectivity index (χ1n) is 9.67. The maximum Gasteiger partial charge on any atom is 0.255 e. The average molecular weight is 402 g/mol. The Morgan fingerprint density at radius 1 is 1.07 bits per heavy atom. The Labute approximate surface area is 174 Å². The molecule has 0 saturated heterocycles. The van der Waals surface area contributed by atoms with Crippen LogP contribution < -0.4 is 14.8 Å². The monoisotopic (exact) mass is 402 g/mol. The molecule has 0 aliphatic rings. The zero-order chi connectivity index (χ0) is 20.9. The summed E-state index contributed by atoms with van der Waals surface area (Å²) >= 11 is 0. The molecule has 0 bridgehead atoms. The molecule has 1 aromatic heterocycles. The Morgan fingerprint density at radius 3 is 2.63 bits per heavy atom. The molecule has 1 heterocycles. The first-order valence-corrected chi connectivity index (χ1v) is 9.67. The van der Waals surface area contributed by atoms with Gasteiger partial charge in [0.1, 0.15) is 17.0 Å². The molecule has 0 spiro atoms. The van der Waals surface area contributed by atoms with Crippen LogP contribution in [0.1, 0.15) is 22.8 Å². The van der Waals surface area contributed by atoms with Crippen molar-refractivity contribution in [2.45, 2.75) is 13.5 Å². The minimum Gasteiger partial charge on any atom is -0.497 e. The minimum atomic E-state index is -0.228. The third kappa shape index (κ3) is 4.10. The SMILES string of the molecule is CCOc1ccccc1NC(=O)c1ccc2c(c1)nnn2Cc1ccc(OC)cc1. The Hall–Kier alpha value is -3.87. The molecule has 1 amide bonds. The van der Waals surface area contributed by atoms with E-state index in [2.05, 4.69) is 15.6 Å². The molecule has 0 fully saturated rings. The summed E-state index contributed by atoms with van der Waals surface area (Å²) in [6.07, 6.45) is 0. The number of ether oxygens (including phenoxy) is 2. The van der Waals surface area contributed by atoms with E-state index in [0.29, 0.717) is 35.7 Å². The van der Waals surface area contributed by atoms with Gasteiger partial charge in [0.15, 0.2) is 0 Å². The van der Waals surface area contributed by atoms with E-state index in [0.717, 1.165) is 16.8 Å². The summed E-state index contributed by atoms with van der Waals surface area (Å²) < 4.78 is 12.6. The Kier molecular flexibility index (Phi) is 5.61. The quantitative estimate of drug-likeness (QED) is 0.503. The van der Waals surface area contributed by atoms with Gasteiger partial charge in [-0.05, 0) is 55.0 Å². The number of amides is 1. The molecule has 0 radical (unpaired) electrons. The van der Waals surface area contributed by atoms with Crippen molar-refractivity contribution in [3.63, 3.8) is 0 Å². The van der Waals surface area contributed by atoms with Crippen molar-refractivity contribution in [1.82, 2.24) is 15.0 Å². The van der Waals surface area contributed by atoms with Gasteiger partial charge in [-0.2, -0.15) is 0 Å². The van der Waals surface area contributed by atoms with E-state index in [1.165, 1.54) is 0 Å². The van der Waals surface area contributed by atoms with Gasteiger partial charge in [-0.25, -0.2) is 4.68 Å². The van der Waals surface area contributed by atoms with Gasteiger partial charge in [-0.3, -0.25) is 4.79 Å². The van der Waals surface area contributed by atoms with Gasteiger partial charge in [0, 0.05) is 5.56 Å². The van der Waals surface area contributed by atoms with Gasteiger partial charge in [0.05, 0.1) is 31.5 Å². The number of benzene rings is 3. The zero-order valence-corrected chi connectivity index (χ0v) is 16.8. The van der Waals surface area contributed by atoms with Crippen LogP contribution in [0.2, 0.25) is 0 Å². The van der Waals surface area contributed by atoms with Crippen LogP contribution in [0, 0.1) is 0 Å². The van der Waals surface area contributed by atoms with Crippen LogP contribution in [0.4, 0.5) is 5.69 Å². The topological polar surface area (TPSA) is 78.3 Å². The number of nitrogens with zero attached hydrogens (tertiary/aromatic N) is 3. The lowest BCUT2D eigenvalue weighted by Gasteiger charge is -2.11. The lowest BCUT2D eigenvalue weighted by molar-refractivity contribution is 0.102. The summed E-state index contributed by atoms with van der Waals surface area (Å²) in [5, 5.41) is 11.4. The summed E-state index contributed by atoms with van der Waals surface area (Å²) in [5.41, 5.74) is 3.74. The minimum absolute atomic E-state index is 0.228. The van der Waals surface area contributed by atoms with Gasteiger partial charge in [-0.15, -0.1) is 5.10 Å². The van der Waals surface area contributed by atoms with E-state index in [4.69, 9.17) is 9.47 Å². The summed E-state index contributed by atoms with van der Waals surface area (Å²) in [6, 6.07) is 20.5. The van der Waals surface area contributed by atoms with E-state index < -0.39 is 0 Å². The zero-order valence-electron chi connectivity index (χ0n) is 16.8. The summed E-state index contributed by atoms with van der Waals surface area (Å²) in [4.78, 5) is 12.7. The van der Waals surface area contributed by atoms with Crippen molar-refractivity contribution in [3.05, 3.63) is 77.9 Å². The molecule has 0 aliphatic carbocycles. The van der Waals surface area contributed by atoms with Crippen LogP contribution in [-0.4, -0.2) is 34.6 Å². The number of nitrogens with one attached hydrogen (secondary N) is 1. The number of hydrogen-bond acceptors (Lipinski definition) is 5. The van der Waals surface area contributed by atoms with Crippen LogP contribution >= 0.6 is 0 Å². The van der Waals surface area contributed by atoms with E-state index in [9.17, 15) is 4.79 Å². The molecule has 7 heteroatoms. The number of carbonyl (C=O) groups excluding carboxylic acids is 1. The second-order valence-corrected chi connectivity index (χ2v) is 6.68. The molecule has 4 aromatic rings. The van der Waals surface area contributed by atoms with Gasteiger partial charge < -0.3 is 14.8 Å². The van der Waals surface area contributed by atoms with Crippen LogP contribution in [0.3, 0.4) is 0 Å². The van der Waals surface area contributed by atoms with Gasteiger partial charge in [-0.1, -0.05) is 29.5 Å². The largest absolute Gasteiger partial charge is 0.497 e. The lowest BCUT2D eigenvalue weighted by atomic mass is 10.1. The molecule has 4 rings (SSSR count). The first-order chi connectivity index (χ1) is 14.7. The van der Waals surface area contributed by atoms with Crippen LogP contribution in [0.25, 0.3) is 11.0 Å². The molecule has 0 unspecified atom stereocenters. The van der Waals surface area contributed by atoms with Gasteiger partial charge in [0.2, 0.25) is 0 Å². The van der Waals surface area contributed by atoms with E-state index in [1.807, 2.05) is 66.2 Å². The van der Waals surface area contributed by atoms with E-state index in [-0.39, 0.29) is 5.91 Å². The number of fused-ring (bicyclic) bond motifs is 1. The fourth-order valence-electron chi connectivity index (χ4n) is 3.18. The van der Waals surface area contributed by atoms with Crippen molar-refractivity contribution in [1.29, 1.82) is 0 Å². The molecular weight excluding hydrogens is 380 g/mol. The highest BCUT2D eigenvalue weighted by molar-refractivity contribution is 6.06. The fraction of sp³-hybridized carbons (Fsp3) is 0.174. The van der Waals surface area contributed by atoms with Crippen molar-refractivity contribution in [3.8, 4) is 11.5 Å². The Bertz CT molecular complexity index is 1170. The van der Waals surface area contributed by atoms with E-state index >= 15 is 0 Å². The lowest BCUT2D eigenvalue weighted by Crippen LogP contribution is -2.13. The maximum atomic E-state index is 12.7. The number of hydrogen-bond donors (Lipinski definition) is 1. The maximum absolute atomic E-state index is 12.7. The number of methoxy groups -OCH3 is 1. The highest BCUT2D eigenvalue weighted by Crippen LogP contribution is 2.25. The molecule has 0 aliphatic heterocycles. The predicted octanol–water partition coefficient (Wildman–Crippen LogP) is 4.14. The molecule has 0 atom stereocenters. The number of aromatic nitrogens is 3. The third-order valence-electron chi connectivity index (χ3n) is 4.70. The van der Waals surface area contributed by atoms with Crippen molar-refractivity contribution in [2.75, 3.05) is 19.0 Å². The smallest absolute Gasteiger partial charge is 0.255 e. The molecule has 3 aromatic carbocycles. The van der Waals surface area contributed by atoms with Crippen molar-refractivity contribution < 1.29 is 14.3 Å². The molecule has 30 heavy (non-hydrogen) atoms. The van der Waals surface area contributed by atoms with E-state index in [1.54, 1.807) is 19.2 Å². The number of para-hydroxylation sites is 2. The van der Waals surface area contributed by atoms with Crippen LogP contribution in [0.15, 0.2) is 66.7 Å². The Balaban J connectivity index is 1.53. The highest BCUT2D eigenvalue weighted by atomic mass is 16.5. The van der Waals surface area contributed by atoms with Gasteiger partial charge >= 0.3 is 0 Å². The van der Waals surface area contributed by atoms with Crippen LogP contribution in [-0.2, 0) is 6.54 Å². The number of carbonyl (C=O) groups is 1. The summed E-state index contributed by atoms with van der Waals surface area (Å²) in [7, 11) is 1.64. The second-order valence-electron chi connectivity index (χ2n) is 6.68. The highest BCUT2D eigenvalue weighted by Gasteiger charge is 2.13. The average Bonchev–Trinajstić information content (AvgIpc) is 3.18. The molecular formula is C23H22N4O3.